The molecule has 0 radical (unpaired) electrons. The van der Waals surface area contributed by atoms with Gasteiger partial charge in [-0.1, -0.05) is 12.1 Å². The molecule has 150 valence electrons. The number of nitrogens with one attached hydrogen (secondary N) is 1. The lowest BCUT2D eigenvalue weighted by Crippen LogP contribution is -2.40. The number of non-ortho nitro benzene ring substituents is 1. The molecule has 2 aliphatic heterocycles. The summed E-state index contributed by atoms with van der Waals surface area (Å²) in [6.07, 6.45) is 3.88. The SMILES string of the molecule is CCNC(=NCc1cccc([N+](=O)[O-])c1)N1CCC(CN2CCCC2)C1.I. The van der Waals surface area contributed by atoms with Crippen LogP contribution in [0.1, 0.15) is 31.7 Å². The molecule has 1 unspecified atom stereocenters. The highest BCUT2D eigenvalue weighted by molar-refractivity contribution is 14.0. The van der Waals surface area contributed by atoms with E-state index in [9.17, 15) is 10.1 Å². The normalized spacial score (nSPS) is 20.6. The molecule has 1 aromatic carbocycles. The van der Waals surface area contributed by atoms with Gasteiger partial charge in [0.15, 0.2) is 5.96 Å². The van der Waals surface area contributed by atoms with E-state index >= 15 is 0 Å². The van der Waals surface area contributed by atoms with Gasteiger partial charge in [0.25, 0.3) is 5.69 Å². The van der Waals surface area contributed by atoms with Crippen molar-refractivity contribution in [3.8, 4) is 0 Å². The fourth-order valence-corrected chi connectivity index (χ4v) is 3.86. The highest BCUT2D eigenvalue weighted by Crippen LogP contribution is 2.20. The Balaban J connectivity index is 0.00000261. The smallest absolute Gasteiger partial charge is 0.269 e. The van der Waals surface area contributed by atoms with Crippen LogP contribution in [-0.4, -0.2) is 60.0 Å². The third-order valence-corrected chi connectivity index (χ3v) is 5.17. The van der Waals surface area contributed by atoms with Crippen LogP contribution in [0.15, 0.2) is 29.3 Å². The Bertz CT molecular complexity index is 649. The van der Waals surface area contributed by atoms with E-state index in [-0.39, 0.29) is 34.6 Å². The molecule has 2 fully saturated rings. The van der Waals surface area contributed by atoms with Crippen LogP contribution in [0.3, 0.4) is 0 Å². The minimum absolute atomic E-state index is 0. The number of nitro benzene ring substituents is 1. The first-order valence-corrected chi connectivity index (χ1v) is 9.64. The number of benzene rings is 1. The average Bonchev–Trinajstić information content (AvgIpc) is 3.31. The summed E-state index contributed by atoms with van der Waals surface area (Å²) in [4.78, 5) is 20.2. The summed E-state index contributed by atoms with van der Waals surface area (Å²) in [6.45, 7) is 9.10. The topological polar surface area (TPSA) is 74.0 Å². The molecule has 0 spiro atoms. The summed E-state index contributed by atoms with van der Waals surface area (Å²) in [5, 5.41) is 14.3. The molecule has 2 heterocycles. The number of likely N-dealkylation sites (tertiary alicyclic amines) is 2. The molecular formula is C19H30IN5O2. The predicted octanol–water partition coefficient (Wildman–Crippen LogP) is 3.10. The Labute approximate surface area is 178 Å². The Kier molecular flexibility index (Phi) is 8.75. The van der Waals surface area contributed by atoms with Crippen molar-refractivity contribution in [1.82, 2.24) is 15.1 Å². The number of nitro groups is 1. The van der Waals surface area contributed by atoms with Gasteiger partial charge in [-0.15, -0.1) is 24.0 Å². The maximum Gasteiger partial charge on any atom is 0.269 e. The Morgan fingerprint density at radius 2 is 2.11 bits per heavy atom. The number of halogens is 1. The first kappa shape index (κ1) is 21.9. The van der Waals surface area contributed by atoms with Crippen LogP contribution in [0, 0.1) is 16.0 Å². The van der Waals surface area contributed by atoms with Gasteiger partial charge in [0.05, 0.1) is 11.5 Å². The van der Waals surface area contributed by atoms with E-state index in [4.69, 9.17) is 4.99 Å². The molecule has 3 rings (SSSR count). The zero-order chi connectivity index (χ0) is 18.4. The summed E-state index contributed by atoms with van der Waals surface area (Å²) in [6, 6.07) is 6.73. The molecule has 8 heteroatoms. The molecule has 0 bridgehead atoms. The van der Waals surface area contributed by atoms with Gasteiger partial charge in [-0.2, -0.15) is 0 Å². The molecule has 0 aromatic heterocycles. The maximum atomic E-state index is 10.9. The van der Waals surface area contributed by atoms with E-state index in [1.807, 2.05) is 6.07 Å². The maximum absolute atomic E-state index is 10.9. The van der Waals surface area contributed by atoms with E-state index < -0.39 is 0 Å². The lowest BCUT2D eigenvalue weighted by Gasteiger charge is -2.23. The van der Waals surface area contributed by atoms with Gasteiger partial charge in [-0.05, 0) is 50.8 Å². The molecule has 2 saturated heterocycles. The molecule has 7 nitrogen and oxygen atoms in total. The minimum Gasteiger partial charge on any atom is -0.357 e. The van der Waals surface area contributed by atoms with Gasteiger partial charge in [-0.25, -0.2) is 4.99 Å². The number of rotatable bonds is 6. The molecule has 0 saturated carbocycles. The van der Waals surface area contributed by atoms with Crippen molar-refractivity contribution < 1.29 is 4.92 Å². The molecule has 0 aliphatic carbocycles. The van der Waals surface area contributed by atoms with Crippen molar-refractivity contribution >= 4 is 35.6 Å². The monoisotopic (exact) mass is 487 g/mol. The van der Waals surface area contributed by atoms with E-state index in [2.05, 4.69) is 22.0 Å². The fraction of sp³-hybridized carbons (Fsp3) is 0.632. The van der Waals surface area contributed by atoms with Crippen LogP contribution >= 0.6 is 24.0 Å². The summed E-state index contributed by atoms with van der Waals surface area (Å²) in [7, 11) is 0. The standard InChI is InChI=1S/C19H29N5O2.HI/c1-2-20-19(21-13-16-6-5-7-18(12-16)24(25)26)23-11-8-17(15-23)14-22-9-3-4-10-22;/h5-7,12,17H,2-4,8-11,13-15H2,1H3,(H,20,21);1H. The average molecular weight is 487 g/mol. The second-order valence-electron chi connectivity index (χ2n) is 7.21. The predicted molar refractivity (Wildman–Crippen MR) is 119 cm³/mol. The number of hydrogen-bond donors (Lipinski definition) is 1. The Morgan fingerprint density at radius 1 is 1.33 bits per heavy atom. The summed E-state index contributed by atoms with van der Waals surface area (Å²) in [5.74, 6) is 1.62. The summed E-state index contributed by atoms with van der Waals surface area (Å²) >= 11 is 0. The van der Waals surface area contributed by atoms with Gasteiger partial charge < -0.3 is 15.1 Å². The molecule has 2 aliphatic rings. The fourth-order valence-electron chi connectivity index (χ4n) is 3.86. The third-order valence-electron chi connectivity index (χ3n) is 5.17. The lowest BCUT2D eigenvalue weighted by atomic mass is 10.1. The lowest BCUT2D eigenvalue weighted by molar-refractivity contribution is -0.384. The highest BCUT2D eigenvalue weighted by atomic mass is 127. The first-order chi connectivity index (χ1) is 12.7. The molecule has 1 N–H and O–H groups in total. The van der Waals surface area contributed by atoms with Crippen LogP contribution in [0.4, 0.5) is 5.69 Å². The van der Waals surface area contributed by atoms with Crippen molar-refractivity contribution in [1.29, 1.82) is 0 Å². The van der Waals surface area contributed by atoms with Crippen LogP contribution < -0.4 is 5.32 Å². The third kappa shape index (κ3) is 6.31. The van der Waals surface area contributed by atoms with Gasteiger partial charge in [0, 0.05) is 38.3 Å². The summed E-state index contributed by atoms with van der Waals surface area (Å²) < 4.78 is 0. The van der Waals surface area contributed by atoms with Crippen LogP contribution in [-0.2, 0) is 6.54 Å². The van der Waals surface area contributed by atoms with Crippen molar-refractivity contribution in [3.05, 3.63) is 39.9 Å². The molecule has 1 atom stereocenters. The number of guanidine groups is 1. The number of aliphatic imine (C=N–C) groups is 1. The zero-order valence-electron chi connectivity index (χ0n) is 16.0. The Hall–Kier alpha value is -1.42. The zero-order valence-corrected chi connectivity index (χ0v) is 18.3. The van der Waals surface area contributed by atoms with Crippen LogP contribution in [0.2, 0.25) is 0 Å². The first-order valence-electron chi connectivity index (χ1n) is 9.64. The van der Waals surface area contributed by atoms with Gasteiger partial charge in [-0.3, -0.25) is 10.1 Å². The van der Waals surface area contributed by atoms with Crippen LogP contribution in [0.5, 0.6) is 0 Å². The van der Waals surface area contributed by atoms with E-state index in [1.165, 1.54) is 45.0 Å². The van der Waals surface area contributed by atoms with Crippen molar-refractivity contribution in [2.24, 2.45) is 10.9 Å². The van der Waals surface area contributed by atoms with E-state index in [0.717, 1.165) is 31.2 Å². The van der Waals surface area contributed by atoms with E-state index in [0.29, 0.717) is 12.5 Å². The van der Waals surface area contributed by atoms with Gasteiger partial charge >= 0.3 is 0 Å². The molecule has 0 amide bonds. The van der Waals surface area contributed by atoms with Gasteiger partial charge in [0.2, 0.25) is 0 Å². The largest absolute Gasteiger partial charge is 0.357 e. The highest BCUT2D eigenvalue weighted by Gasteiger charge is 2.27. The molecule has 27 heavy (non-hydrogen) atoms. The Morgan fingerprint density at radius 3 is 2.81 bits per heavy atom. The van der Waals surface area contributed by atoms with Crippen molar-refractivity contribution in [2.75, 3.05) is 39.3 Å². The number of nitrogens with zero attached hydrogens (tertiary/aromatic N) is 4. The van der Waals surface area contributed by atoms with E-state index in [1.54, 1.807) is 12.1 Å². The summed E-state index contributed by atoms with van der Waals surface area (Å²) in [5.41, 5.74) is 0.983. The molecule has 1 aromatic rings. The second-order valence-corrected chi connectivity index (χ2v) is 7.21. The van der Waals surface area contributed by atoms with Crippen molar-refractivity contribution in [3.63, 3.8) is 0 Å². The quantitative estimate of drug-likeness (QED) is 0.220. The number of hydrogen-bond acceptors (Lipinski definition) is 4. The van der Waals surface area contributed by atoms with Crippen molar-refractivity contribution in [2.45, 2.75) is 32.7 Å². The van der Waals surface area contributed by atoms with Crippen LogP contribution in [0.25, 0.3) is 0 Å². The van der Waals surface area contributed by atoms with Gasteiger partial charge in [0.1, 0.15) is 0 Å². The molecular weight excluding hydrogens is 457 g/mol. The second kappa shape index (κ2) is 10.8. The minimum atomic E-state index is -0.359.